The van der Waals surface area contributed by atoms with Crippen LogP contribution in [0.5, 0.6) is 0 Å². The Kier molecular flexibility index (Phi) is 6.11. The summed E-state index contributed by atoms with van der Waals surface area (Å²) in [5.41, 5.74) is 3.40. The van der Waals surface area contributed by atoms with Crippen LogP contribution in [0.2, 0.25) is 0 Å². The van der Waals surface area contributed by atoms with E-state index >= 15 is 0 Å². The summed E-state index contributed by atoms with van der Waals surface area (Å²) in [6.45, 7) is 0. The summed E-state index contributed by atoms with van der Waals surface area (Å²) in [4.78, 5) is 10.5. The molecule has 1 rings (SSSR count). The molecular weight excluding hydrogens is 340 g/mol. The molecule has 1 aromatic carbocycles. The molecule has 0 spiro atoms. The summed E-state index contributed by atoms with van der Waals surface area (Å²) in [6.07, 6.45) is -5.53. The van der Waals surface area contributed by atoms with Gasteiger partial charge in [-0.3, -0.25) is 9.57 Å². The van der Waals surface area contributed by atoms with E-state index in [9.17, 15) is 26.6 Å². The van der Waals surface area contributed by atoms with E-state index in [1.807, 2.05) is 0 Å². The van der Waals surface area contributed by atoms with Crippen molar-refractivity contribution >= 4 is 15.7 Å². The van der Waals surface area contributed by atoms with Gasteiger partial charge in [-0.1, -0.05) is 12.1 Å². The van der Waals surface area contributed by atoms with Gasteiger partial charge in [0.2, 0.25) is 0 Å². The Bertz CT molecular complexity index is 674. The fourth-order valence-electron chi connectivity index (χ4n) is 1.91. The van der Waals surface area contributed by atoms with Crippen LogP contribution in [0.15, 0.2) is 18.2 Å². The first-order chi connectivity index (χ1) is 10.4. The topological polar surface area (TPSA) is 104 Å². The molecule has 2 atom stereocenters. The normalized spacial score (nSPS) is 15.9. The van der Waals surface area contributed by atoms with Crippen molar-refractivity contribution in [1.29, 1.82) is 4.78 Å². The highest BCUT2D eigenvalue weighted by molar-refractivity contribution is 7.92. The highest BCUT2D eigenvalue weighted by Crippen LogP contribution is 2.34. The number of carboxylic acid groups (broad SMARTS) is 1. The van der Waals surface area contributed by atoms with Gasteiger partial charge in [0.1, 0.15) is 11.9 Å². The summed E-state index contributed by atoms with van der Waals surface area (Å²) >= 11 is 0. The third kappa shape index (κ3) is 5.79. The number of alkyl halides is 3. The molecule has 0 bridgehead atoms. The van der Waals surface area contributed by atoms with E-state index in [0.717, 1.165) is 12.1 Å². The molecule has 23 heavy (non-hydrogen) atoms. The minimum Gasteiger partial charge on any atom is -0.480 e. The van der Waals surface area contributed by atoms with Gasteiger partial charge >= 0.3 is 12.1 Å². The number of rotatable bonds is 7. The minimum absolute atomic E-state index is 0.229. The van der Waals surface area contributed by atoms with E-state index in [0.29, 0.717) is 6.07 Å². The van der Waals surface area contributed by atoms with Gasteiger partial charge in [-0.2, -0.15) is 13.2 Å². The zero-order valence-corrected chi connectivity index (χ0v) is 12.7. The van der Waals surface area contributed by atoms with Crippen molar-refractivity contribution in [3.05, 3.63) is 35.1 Å². The van der Waals surface area contributed by atoms with Crippen LogP contribution < -0.4 is 5.73 Å². The Morgan fingerprint density at radius 3 is 2.48 bits per heavy atom. The van der Waals surface area contributed by atoms with Gasteiger partial charge in [-0.15, -0.1) is 0 Å². The molecule has 4 N–H and O–H groups in total. The average molecular weight is 356 g/mol. The Labute approximate surface area is 130 Å². The van der Waals surface area contributed by atoms with E-state index in [1.54, 1.807) is 0 Å². The van der Waals surface area contributed by atoms with Crippen LogP contribution in [0.4, 0.5) is 17.6 Å². The number of benzene rings is 1. The van der Waals surface area contributed by atoms with Crippen LogP contribution in [0.1, 0.15) is 17.5 Å². The molecule has 0 aliphatic carbocycles. The Balaban J connectivity index is 2.82. The Morgan fingerprint density at radius 2 is 1.96 bits per heavy atom. The highest BCUT2D eigenvalue weighted by atomic mass is 32.2. The molecule has 0 aliphatic heterocycles. The predicted molar refractivity (Wildman–Crippen MR) is 75.9 cm³/mol. The number of carboxylic acids is 1. The molecule has 5 nitrogen and oxygen atoms in total. The molecule has 0 aliphatic rings. The first kappa shape index (κ1) is 19.4. The Hall–Kier alpha value is -1.68. The SMILES string of the molecule is N=S(=O)(CCc1cccc(F)c1C(F)(F)F)CC[C@H](N)C(=O)O. The molecule has 0 fully saturated rings. The van der Waals surface area contributed by atoms with Gasteiger partial charge in [0, 0.05) is 21.2 Å². The summed E-state index contributed by atoms with van der Waals surface area (Å²) < 4.78 is 71.5. The lowest BCUT2D eigenvalue weighted by Crippen LogP contribution is -2.32. The van der Waals surface area contributed by atoms with Crippen LogP contribution in [0.3, 0.4) is 0 Å². The lowest BCUT2D eigenvalue weighted by atomic mass is 10.0. The number of hydrogen-bond acceptors (Lipinski definition) is 4. The van der Waals surface area contributed by atoms with Gasteiger partial charge in [-0.05, 0) is 24.5 Å². The smallest absolute Gasteiger partial charge is 0.419 e. The third-order valence-corrected chi connectivity index (χ3v) is 4.92. The largest absolute Gasteiger partial charge is 0.480 e. The molecular formula is C13H16F4N2O3S. The second-order valence-corrected chi connectivity index (χ2v) is 7.42. The van der Waals surface area contributed by atoms with E-state index in [-0.39, 0.29) is 17.7 Å². The number of nitrogens with two attached hydrogens (primary N) is 1. The molecule has 0 aromatic heterocycles. The lowest BCUT2D eigenvalue weighted by Gasteiger charge is -2.15. The summed E-state index contributed by atoms with van der Waals surface area (Å²) in [5, 5.41) is 8.60. The lowest BCUT2D eigenvalue weighted by molar-refractivity contribution is -0.140. The van der Waals surface area contributed by atoms with Gasteiger partial charge in [0.05, 0.1) is 5.56 Å². The standard InChI is InChI=1S/C13H16F4N2O3S/c14-9-3-1-2-8(11(9)13(15,16)17)4-6-23(19,22)7-5-10(18)12(20)21/h1-3,10,19H,4-7,18H2,(H,20,21)/t10-,23?/m0/s1. The highest BCUT2D eigenvalue weighted by Gasteiger charge is 2.36. The maximum Gasteiger partial charge on any atom is 0.419 e. The van der Waals surface area contributed by atoms with Gasteiger partial charge < -0.3 is 10.8 Å². The predicted octanol–water partition coefficient (Wildman–Crippen LogP) is 2.24. The number of hydrogen-bond donors (Lipinski definition) is 3. The van der Waals surface area contributed by atoms with Crippen molar-refractivity contribution < 1.29 is 31.7 Å². The molecule has 1 unspecified atom stereocenters. The van der Waals surface area contributed by atoms with Gasteiger partial charge in [0.25, 0.3) is 0 Å². The van der Waals surface area contributed by atoms with Crippen LogP contribution in [-0.4, -0.2) is 32.8 Å². The first-order valence-electron chi connectivity index (χ1n) is 6.51. The van der Waals surface area contributed by atoms with E-state index < -0.39 is 51.5 Å². The first-order valence-corrected chi connectivity index (χ1v) is 8.41. The van der Waals surface area contributed by atoms with E-state index in [2.05, 4.69) is 0 Å². The molecule has 0 saturated carbocycles. The summed E-state index contributed by atoms with van der Waals surface area (Å²) in [5.74, 6) is -3.53. The van der Waals surface area contributed by atoms with Crippen LogP contribution >= 0.6 is 0 Å². The van der Waals surface area contributed by atoms with Crippen LogP contribution in [0.25, 0.3) is 0 Å². The number of halogens is 4. The van der Waals surface area contributed by atoms with E-state index in [1.165, 1.54) is 0 Å². The molecule has 130 valence electrons. The zero-order chi connectivity index (χ0) is 17.8. The van der Waals surface area contributed by atoms with Crippen molar-refractivity contribution in [3.63, 3.8) is 0 Å². The number of aliphatic carboxylic acids is 1. The van der Waals surface area contributed by atoms with Crippen molar-refractivity contribution in [2.45, 2.75) is 25.1 Å². The average Bonchev–Trinajstić information content (AvgIpc) is 2.41. The van der Waals surface area contributed by atoms with E-state index in [4.69, 9.17) is 15.6 Å². The maximum atomic E-state index is 13.4. The Morgan fingerprint density at radius 1 is 1.35 bits per heavy atom. The fourth-order valence-corrected chi connectivity index (χ4v) is 3.30. The quantitative estimate of drug-likeness (QED) is 0.652. The monoisotopic (exact) mass is 356 g/mol. The zero-order valence-electron chi connectivity index (χ0n) is 11.9. The third-order valence-electron chi connectivity index (χ3n) is 3.16. The number of carbonyl (C=O) groups is 1. The maximum absolute atomic E-state index is 13.4. The van der Waals surface area contributed by atoms with Crippen LogP contribution in [-0.2, 0) is 27.1 Å². The summed E-state index contributed by atoms with van der Waals surface area (Å²) in [7, 11) is -3.32. The van der Waals surface area contributed by atoms with Crippen molar-refractivity contribution in [2.75, 3.05) is 11.5 Å². The van der Waals surface area contributed by atoms with Crippen molar-refractivity contribution in [3.8, 4) is 0 Å². The second-order valence-electron chi connectivity index (χ2n) is 4.98. The van der Waals surface area contributed by atoms with Gasteiger partial charge in [0.15, 0.2) is 0 Å². The fraction of sp³-hybridized carbons (Fsp3) is 0.462. The minimum atomic E-state index is -4.89. The van der Waals surface area contributed by atoms with Crippen molar-refractivity contribution in [1.82, 2.24) is 0 Å². The molecule has 10 heteroatoms. The molecule has 1 aromatic rings. The molecule has 0 amide bonds. The number of nitrogens with one attached hydrogen (secondary N) is 1. The summed E-state index contributed by atoms with van der Waals surface area (Å²) in [6, 6.07) is 1.55. The second kappa shape index (κ2) is 7.26. The number of aryl methyl sites for hydroxylation is 1. The van der Waals surface area contributed by atoms with Gasteiger partial charge in [-0.25, -0.2) is 8.60 Å². The van der Waals surface area contributed by atoms with Crippen molar-refractivity contribution in [2.24, 2.45) is 5.73 Å². The molecule has 0 saturated heterocycles. The molecule has 0 heterocycles. The molecule has 0 radical (unpaired) electrons. The van der Waals surface area contributed by atoms with Crippen LogP contribution in [0, 0.1) is 10.6 Å².